The second-order valence-corrected chi connectivity index (χ2v) is 7.66. The Labute approximate surface area is 153 Å². The van der Waals surface area contributed by atoms with E-state index in [9.17, 15) is 9.18 Å². The quantitative estimate of drug-likeness (QED) is 0.846. The molecule has 1 aromatic heterocycles. The van der Waals surface area contributed by atoms with Crippen LogP contribution in [-0.2, 0) is 24.9 Å². The summed E-state index contributed by atoms with van der Waals surface area (Å²) < 4.78 is 16.2. The van der Waals surface area contributed by atoms with Gasteiger partial charge in [-0.25, -0.2) is 9.37 Å². The van der Waals surface area contributed by atoms with E-state index in [1.54, 1.807) is 12.1 Å². The van der Waals surface area contributed by atoms with E-state index in [0.29, 0.717) is 18.5 Å². The highest BCUT2D eigenvalue weighted by atomic mass is 19.1. The van der Waals surface area contributed by atoms with Crippen molar-refractivity contribution >= 4 is 5.91 Å². The largest absolute Gasteiger partial charge is 0.337 e. The maximum Gasteiger partial charge on any atom is 0.223 e. The Morgan fingerprint density at radius 2 is 2.12 bits per heavy atom. The minimum absolute atomic E-state index is 0.130. The molecule has 138 valence electrons. The van der Waals surface area contributed by atoms with Crippen molar-refractivity contribution in [1.82, 2.24) is 19.4 Å². The Bertz CT molecular complexity index is 820. The number of aryl methyl sites for hydroxylation is 1. The van der Waals surface area contributed by atoms with Crippen LogP contribution in [0.3, 0.4) is 0 Å². The first-order chi connectivity index (χ1) is 12.5. The van der Waals surface area contributed by atoms with Crippen LogP contribution in [0.5, 0.6) is 0 Å². The lowest BCUT2D eigenvalue weighted by Crippen LogP contribution is -2.60. The summed E-state index contributed by atoms with van der Waals surface area (Å²) in [6.45, 7) is 4.21. The predicted molar refractivity (Wildman–Crippen MR) is 96.6 cm³/mol. The molecule has 2 fully saturated rings. The van der Waals surface area contributed by atoms with Crippen molar-refractivity contribution in [1.29, 1.82) is 0 Å². The summed E-state index contributed by atoms with van der Waals surface area (Å²) in [6, 6.07) is 7.03. The van der Waals surface area contributed by atoms with Gasteiger partial charge >= 0.3 is 0 Å². The Hall–Kier alpha value is -2.21. The number of hydrogen-bond acceptors (Lipinski definition) is 3. The van der Waals surface area contributed by atoms with Gasteiger partial charge in [0.05, 0.1) is 12.1 Å². The Kier molecular flexibility index (Phi) is 4.31. The van der Waals surface area contributed by atoms with Crippen LogP contribution in [0.4, 0.5) is 4.39 Å². The summed E-state index contributed by atoms with van der Waals surface area (Å²) in [4.78, 5) is 21.5. The number of carbonyl (C=O) groups is 1. The fraction of sp³-hybridized carbons (Fsp3) is 0.500. The van der Waals surface area contributed by atoms with E-state index in [1.807, 2.05) is 35.0 Å². The summed E-state index contributed by atoms with van der Waals surface area (Å²) in [5.74, 6) is 0.923. The van der Waals surface area contributed by atoms with Gasteiger partial charge in [-0.05, 0) is 25.8 Å². The number of nitrogens with zero attached hydrogens (tertiary/aromatic N) is 4. The third kappa shape index (κ3) is 2.82. The molecule has 0 spiro atoms. The van der Waals surface area contributed by atoms with E-state index in [2.05, 4.69) is 16.8 Å². The van der Waals surface area contributed by atoms with Gasteiger partial charge in [-0.3, -0.25) is 9.69 Å². The Morgan fingerprint density at radius 3 is 2.85 bits per heavy atom. The number of fused-ring (bicyclic) bond motifs is 1. The van der Waals surface area contributed by atoms with E-state index < -0.39 is 0 Å². The number of benzene rings is 1. The van der Waals surface area contributed by atoms with Crippen molar-refractivity contribution in [3.8, 4) is 0 Å². The monoisotopic (exact) mass is 356 g/mol. The molecule has 4 rings (SSSR count). The maximum atomic E-state index is 14.2. The van der Waals surface area contributed by atoms with Crippen molar-refractivity contribution in [2.75, 3.05) is 6.54 Å². The smallest absolute Gasteiger partial charge is 0.223 e. The fourth-order valence-corrected chi connectivity index (χ4v) is 4.56. The topological polar surface area (TPSA) is 41.4 Å². The van der Waals surface area contributed by atoms with Crippen LogP contribution in [0.1, 0.15) is 37.6 Å². The molecule has 1 amide bonds. The Balaban J connectivity index is 1.58. The first kappa shape index (κ1) is 17.2. The van der Waals surface area contributed by atoms with Crippen LogP contribution in [0.15, 0.2) is 36.7 Å². The number of carbonyl (C=O) groups excluding carboxylic acids is 1. The van der Waals surface area contributed by atoms with Gasteiger partial charge in [0.15, 0.2) is 0 Å². The molecular formula is C20H25FN4O. The molecule has 1 aromatic carbocycles. The van der Waals surface area contributed by atoms with Crippen LogP contribution in [0.2, 0.25) is 0 Å². The summed E-state index contributed by atoms with van der Waals surface area (Å²) in [5.41, 5.74) is 0.327. The first-order valence-electron chi connectivity index (χ1n) is 9.23. The molecule has 3 heterocycles. The number of piperidine rings is 1. The number of amides is 1. The van der Waals surface area contributed by atoms with Crippen molar-refractivity contribution in [2.24, 2.45) is 7.05 Å². The number of halogens is 1. The minimum atomic E-state index is -0.261. The van der Waals surface area contributed by atoms with Crippen molar-refractivity contribution in [3.63, 3.8) is 0 Å². The molecule has 26 heavy (non-hydrogen) atoms. The average Bonchev–Trinajstić information content (AvgIpc) is 3.16. The van der Waals surface area contributed by atoms with Gasteiger partial charge in [0.25, 0.3) is 0 Å². The lowest BCUT2D eigenvalue weighted by molar-refractivity contribution is -0.144. The summed E-state index contributed by atoms with van der Waals surface area (Å²) in [7, 11) is 2.01. The van der Waals surface area contributed by atoms with E-state index in [-0.39, 0.29) is 23.3 Å². The molecular weight excluding hydrogens is 331 g/mol. The molecule has 0 saturated carbocycles. The second kappa shape index (κ2) is 6.50. The van der Waals surface area contributed by atoms with Crippen LogP contribution < -0.4 is 0 Å². The molecule has 0 radical (unpaired) electrons. The molecule has 0 aliphatic carbocycles. The minimum Gasteiger partial charge on any atom is -0.337 e. The van der Waals surface area contributed by atoms with Crippen molar-refractivity contribution < 1.29 is 9.18 Å². The highest BCUT2D eigenvalue weighted by Crippen LogP contribution is 2.41. The van der Waals surface area contributed by atoms with Gasteiger partial charge in [-0.2, -0.15) is 0 Å². The first-order valence-corrected chi connectivity index (χ1v) is 9.23. The van der Waals surface area contributed by atoms with Gasteiger partial charge in [-0.15, -0.1) is 0 Å². The zero-order valence-corrected chi connectivity index (χ0v) is 15.4. The van der Waals surface area contributed by atoms with Gasteiger partial charge in [0, 0.05) is 50.6 Å². The molecule has 2 saturated heterocycles. The van der Waals surface area contributed by atoms with Crippen molar-refractivity contribution in [3.05, 3.63) is 53.9 Å². The molecule has 2 aliphatic rings. The summed E-state index contributed by atoms with van der Waals surface area (Å²) >= 11 is 0. The predicted octanol–water partition coefficient (Wildman–Crippen LogP) is 2.71. The van der Waals surface area contributed by atoms with Gasteiger partial charge in [0.2, 0.25) is 5.91 Å². The normalized spacial score (nSPS) is 26.3. The summed E-state index contributed by atoms with van der Waals surface area (Å²) in [5, 5.41) is 0. The number of rotatable bonds is 4. The zero-order chi connectivity index (χ0) is 18.3. The number of likely N-dealkylation sites (tertiary alicyclic amines) is 2. The van der Waals surface area contributed by atoms with E-state index in [1.165, 1.54) is 6.07 Å². The average molecular weight is 356 g/mol. The molecule has 2 aliphatic heterocycles. The van der Waals surface area contributed by atoms with E-state index in [4.69, 9.17) is 0 Å². The van der Waals surface area contributed by atoms with E-state index in [0.717, 1.165) is 31.8 Å². The standard InChI is InChI=1S/C20H25FN4O/c1-20-9-11-24(14-18-22-10-12-23(18)2)17(20)7-8-19(26)25(20)13-15-5-3-4-6-16(15)21/h3-6,10,12,17H,7-9,11,13-14H2,1-2H3/t17-,20-/m0/s1. The van der Waals surface area contributed by atoms with Gasteiger partial charge in [-0.1, -0.05) is 18.2 Å². The third-order valence-electron chi connectivity index (χ3n) is 6.16. The molecule has 0 bridgehead atoms. The van der Waals surface area contributed by atoms with Gasteiger partial charge in [0.1, 0.15) is 11.6 Å². The number of aromatic nitrogens is 2. The number of hydrogen-bond donors (Lipinski definition) is 0. The molecule has 2 aromatic rings. The SMILES string of the molecule is Cn1ccnc1CN1CC[C@@]2(C)[C@@H]1CCC(=O)N2Cc1ccccc1F. The lowest BCUT2D eigenvalue weighted by Gasteiger charge is -2.48. The van der Waals surface area contributed by atoms with Crippen LogP contribution >= 0.6 is 0 Å². The highest BCUT2D eigenvalue weighted by molar-refractivity contribution is 5.78. The summed E-state index contributed by atoms with van der Waals surface area (Å²) in [6.07, 6.45) is 6.06. The lowest BCUT2D eigenvalue weighted by atomic mass is 9.83. The maximum absolute atomic E-state index is 14.2. The molecule has 2 atom stereocenters. The van der Waals surface area contributed by atoms with Crippen LogP contribution in [0, 0.1) is 5.82 Å². The fourth-order valence-electron chi connectivity index (χ4n) is 4.56. The Morgan fingerprint density at radius 1 is 1.31 bits per heavy atom. The van der Waals surface area contributed by atoms with Gasteiger partial charge < -0.3 is 9.47 Å². The van der Waals surface area contributed by atoms with Crippen LogP contribution in [-0.4, -0.2) is 43.4 Å². The second-order valence-electron chi connectivity index (χ2n) is 7.66. The molecule has 0 N–H and O–H groups in total. The third-order valence-corrected chi connectivity index (χ3v) is 6.16. The highest BCUT2D eigenvalue weighted by Gasteiger charge is 2.52. The van der Waals surface area contributed by atoms with Crippen LogP contribution in [0.25, 0.3) is 0 Å². The molecule has 5 nitrogen and oxygen atoms in total. The van der Waals surface area contributed by atoms with E-state index >= 15 is 0 Å². The molecule has 6 heteroatoms. The molecule has 0 unspecified atom stereocenters. The number of imidazole rings is 1. The zero-order valence-electron chi connectivity index (χ0n) is 15.4. The van der Waals surface area contributed by atoms with Crippen molar-refractivity contribution in [2.45, 2.75) is 50.9 Å².